The zero-order valence-corrected chi connectivity index (χ0v) is 17.1. The maximum Gasteiger partial charge on any atom is 0.410 e. The van der Waals surface area contributed by atoms with Crippen molar-refractivity contribution in [2.75, 3.05) is 19.7 Å². The molecular formula is C21H32N2O4. The monoisotopic (exact) mass is 376 g/mol. The van der Waals surface area contributed by atoms with Gasteiger partial charge in [-0.1, -0.05) is 29.8 Å². The van der Waals surface area contributed by atoms with Gasteiger partial charge in [0.25, 0.3) is 0 Å². The van der Waals surface area contributed by atoms with Crippen LogP contribution in [0.25, 0.3) is 0 Å². The average Bonchev–Trinajstić information content (AvgIpc) is 2.60. The lowest BCUT2D eigenvalue weighted by atomic mass is 9.92. The van der Waals surface area contributed by atoms with Gasteiger partial charge >= 0.3 is 12.1 Å². The Hall–Kier alpha value is -2.08. The van der Waals surface area contributed by atoms with E-state index in [1.165, 1.54) is 5.56 Å². The van der Waals surface area contributed by atoms with Gasteiger partial charge in [0.15, 0.2) is 0 Å². The maximum absolute atomic E-state index is 12.5. The Morgan fingerprint density at radius 2 is 1.89 bits per heavy atom. The molecule has 1 aromatic carbocycles. The molecule has 2 atom stereocenters. The largest absolute Gasteiger partial charge is 0.466 e. The van der Waals surface area contributed by atoms with Crippen LogP contribution < -0.4 is 5.32 Å². The summed E-state index contributed by atoms with van der Waals surface area (Å²) < 4.78 is 10.7. The Morgan fingerprint density at radius 3 is 2.48 bits per heavy atom. The lowest BCUT2D eigenvalue weighted by Gasteiger charge is -2.38. The molecule has 0 aromatic heterocycles. The van der Waals surface area contributed by atoms with Crippen molar-refractivity contribution in [2.45, 2.75) is 59.2 Å². The van der Waals surface area contributed by atoms with Crippen molar-refractivity contribution in [3.05, 3.63) is 35.4 Å². The van der Waals surface area contributed by atoms with E-state index in [2.05, 4.69) is 36.5 Å². The SMILES string of the molecule is CCOC(=O)C1CN(C(=O)OC(C)(C)C)CCC1NCc1ccc(C)cc1. The fraction of sp³-hybridized carbons (Fsp3) is 0.619. The Kier molecular flexibility index (Phi) is 7.25. The number of ether oxygens (including phenoxy) is 2. The van der Waals surface area contributed by atoms with E-state index in [0.717, 1.165) is 5.56 Å². The third-order valence-corrected chi connectivity index (χ3v) is 4.54. The molecule has 2 rings (SSSR count). The van der Waals surface area contributed by atoms with Gasteiger partial charge < -0.3 is 19.7 Å². The van der Waals surface area contributed by atoms with E-state index in [1.54, 1.807) is 11.8 Å². The van der Waals surface area contributed by atoms with Crippen molar-refractivity contribution >= 4 is 12.1 Å². The summed E-state index contributed by atoms with van der Waals surface area (Å²) in [4.78, 5) is 26.5. The number of piperidine rings is 1. The molecule has 0 radical (unpaired) electrons. The van der Waals surface area contributed by atoms with E-state index in [-0.39, 0.29) is 18.1 Å². The van der Waals surface area contributed by atoms with Crippen LogP contribution in [0.3, 0.4) is 0 Å². The lowest BCUT2D eigenvalue weighted by molar-refractivity contribution is -0.150. The second-order valence-corrected chi connectivity index (χ2v) is 8.05. The number of aryl methyl sites for hydroxylation is 1. The second kappa shape index (κ2) is 9.22. The minimum absolute atomic E-state index is 0.0379. The molecule has 1 saturated heterocycles. The van der Waals surface area contributed by atoms with Crippen molar-refractivity contribution in [1.82, 2.24) is 10.2 Å². The van der Waals surface area contributed by atoms with Gasteiger partial charge in [-0.25, -0.2) is 4.79 Å². The highest BCUT2D eigenvalue weighted by molar-refractivity contribution is 5.75. The highest BCUT2D eigenvalue weighted by atomic mass is 16.6. The van der Waals surface area contributed by atoms with Crippen LogP contribution in [0.15, 0.2) is 24.3 Å². The first-order valence-electron chi connectivity index (χ1n) is 9.63. The summed E-state index contributed by atoms with van der Waals surface area (Å²) in [6.45, 7) is 11.2. The van der Waals surface area contributed by atoms with Gasteiger partial charge in [-0.2, -0.15) is 0 Å². The van der Waals surface area contributed by atoms with Crippen LogP contribution in [0.5, 0.6) is 0 Å². The van der Waals surface area contributed by atoms with E-state index >= 15 is 0 Å². The first-order chi connectivity index (χ1) is 12.7. The molecule has 0 aliphatic carbocycles. The summed E-state index contributed by atoms with van der Waals surface area (Å²) in [6, 6.07) is 8.27. The number of carbonyl (C=O) groups excluding carboxylic acids is 2. The number of likely N-dealkylation sites (tertiary alicyclic amines) is 1. The number of nitrogens with one attached hydrogen (secondary N) is 1. The molecule has 0 spiro atoms. The van der Waals surface area contributed by atoms with Gasteiger partial charge in [-0.3, -0.25) is 4.79 Å². The Labute approximate surface area is 162 Å². The highest BCUT2D eigenvalue weighted by Gasteiger charge is 2.38. The number of benzene rings is 1. The first-order valence-corrected chi connectivity index (χ1v) is 9.63. The average molecular weight is 376 g/mol. The zero-order valence-electron chi connectivity index (χ0n) is 17.1. The van der Waals surface area contributed by atoms with Crippen molar-refractivity contribution in [2.24, 2.45) is 5.92 Å². The summed E-state index contributed by atoms with van der Waals surface area (Å²) in [5, 5.41) is 3.47. The predicted molar refractivity (Wildman–Crippen MR) is 104 cm³/mol. The van der Waals surface area contributed by atoms with E-state index in [0.29, 0.717) is 32.7 Å². The van der Waals surface area contributed by atoms with Gasteiger partial charge in [0.2, 0.25) is 0 Å². The third-order valence-electron chi connectivity index (χ3n) is 4.54. The fourth-order valence-corrected chi connectivity index (χ4v) is 3.13. The molecule has 1 heterocycles. The van der Waals surface area contributed by atoms with Crippen LogP contribution in [0.2, 0.25) is 0 Å². The molecular weight excluding hydrogens is 344 g/mol. The van der Waals surface area contributed by atoms with E-state index in [4.69, 9.17) is 9.47 Å². The van der Waals surface area contributed by atoms with E-state index < -0.39 is 11.5 Å². The standard InChI is InChI=1S/C21H32N2O4/c1-6-26-19(24)17-14-23(20(25)27-21(3,4)5)12-11-18(17)22-13-16-9-7-15(2)8-10-16/h7-10,17-18,22H,6,11-14H2,1-5H3. The summed E-state index contributed by atoms with van der Waals surface area (Å²) >= 11 is 0. The third kappa shape index (κ3) is 6.54. The van der Waals surface area contributed by atoms with Crippen molar-refractivity contribution in [1.29, 1.82) is 0 Å². The molecule has 6 heteroatoms. The molecule has 1 aliphatic rings. The number of hydrogen-bond donors (Lipinski definition) is 1. The Balaban J connectivity index is 2.02. The van der Waals surface area contributed by atoms with Gasteiger partial charge in [-0.15, -0.1) is 0 Å². The zero-order chi connectivity index (χ0) is 20.0. The summed E-state index contributed by atoms with van der Waals surface area (Å²) in [5.74, 6) is -0.677. The Bertz CT molecular complexity index is 637. The fourth-order valence-electron chi connectivity index (χ4n) is 3.13. The van der Waals surface area contributed by atoms with E-state index in [9.17, 15) is 9.59 Å². The number of carbonyl (C=O) groups is 2. The van der Waals surface area contributed by atoms with Crippen molar-refractivity contribution < 1.29 is 19.1 Å². The molecule has 6 nitrogen and oxygen atoms in total. The van der Waals surface area contributed by atoms with Crippen LogP contribution in [0.4, 0.5) is 4.79 Å². The first kappa shape index (κ1) is 21.2. The minimum atomic E-state index is -0.558. The minimum Gasteiger partial charge on any atom is -0.466 e. The van der Waals surface area contributed by atoms with Crippen LogP contribution >= 0.6 is 0 Å². The lowest BCUT2D eigenvalue weighted by Crippen LogP contribution is -2.54. The number of nitrogens with zero attached hydrogens (tertiary/aromatic N) is 1. The normalized spacial score (nSPS) is 20.3. The van der Waals surface area contributed by atoms with E-state index in [1.807, 2.05) is 20.8 Å². The molecule has 1 aliphatic heterocycles. The molecule has 150 valence electrons. The van der Waals surface area contributed by atoms with Crippen LogP contribution in [-0.2, 0) is 20.8 Å². The molecule has 1 N–H and O–H groups in total. The van der Waals surface area contributed by atoms with Crippen molar-refractivity contribution in [3.8, 4) is 0 Å². The van der Waals surface area contributed by atoms with Gasteiger partial charge in [0.1, 0.15) is 5.60 Å². The number of amides is 1. The molecule has 2 unspecified atom stereocenters. The highest BCUT2D eigenvalue weighted by Crippen LogP contribution is 2.22. The number of hydrogen-bond acceptors (Lipinski definition) is 5. The topological polar surface area (TPSA) is 67.9 Å². The van der Waals surface area contributed by atoms with Gasteiger partial charge in [0.05, 0.1) is 12.5 Å². The predicted octanol–water partition coefficient (Wildman–Crippen LogP) is 3.27. The van der Waals surface area contributed by atoms with Crippen LogP contribution in [0.1, 0.15) is 45.2 Å². The quantitative estimate of drug-likeness (QED) is 0.799. The molecule has 0 saturated carbocycles. The van der Waals surface area contributed by atoms with Crippen LogP contribution in [-0.4, -0.2) is 48.3 Å². The van der Waals surface area contributed by atoms with Gasteiger partial charge in [-0.05, 0) is 46.6 Å². The molecule has 1 fully saturated rings. The molecule has 1 aromatic rings. The second-order valence-electron chi connectivity index (χ2n) is 8.05. The van der Waals surface area contributed by atoms with Crippen LogP contribution in [0, 0.1) is 12.8 Å². The number of esters is 1. The van der Waals surface area contributed by atoms with Gasteiger partial charge in [0, 0.05) is 25.7 Å². The molecule has 0 bridgehead atoms. The summed E-state index contributed by atoms with van der Waals surface area (Å²) in [7, 11) is 0. The summed E-state index contributed by atoms with van der Waals surface area (Å²) in [5.41, 5.74) is 1.82. The number of rotatable bonds is 5. The Morgan fingerprint density at radius 1 is 1.22 bits per heavy atom. The smallest absolute Gasteiger partial charge is 0.410 e. The maximum atomic E-state index is 12.5. The van der Waals surface area contributed by atoms with Crippen molar-refractivity contribution in [3.63, 3.8) is 0 Å². The molecule has 27 heavy (non-hydrogen) atoms. The molecule has 1 amide bonds. The summed E-state index contributed by atoms with van der Waals surface area (Å²) in [6.07, 6.45) is 0.294.